The smallest absolute Gasteiger partial charge is 0.128 e. The van der Waals surface area contributed by atoms with Crippen LogP contribution in [0.1, 0.15) is 35.2 Å². The minimum Gasteiger partial charge on any atom is -0.381 e. The SMILES string of the molecule is Cc1cc(NCCNC2CCOCC2)n2nc(C)c(-c3c(C)cc(Cl)cc3C)c2c1. The standard InChI is InChI=1S/C24H31ClN4O/c1-15-11-21-24(23-16(2)13-19(25)14-17(23)3)18(4)28-29(21)22(12-15)27-8-7-26-20-5-9-30-10-6-20/h11-14,20,26-27H,5-10H2,1-4H3. The molecule has 0 unspecified atom stereocenters. The minimum atomic E-state index is 0.562. The van der Waals surface area contributed by atoms with Crippen molar-refractivity contribution >= 4 is 22.9 Å². The molecule has 0 amide bonds. The molecule has 2 N–H and O–H groups in total. The lowest BCUT2D eigenvalue weighted by atomic mass is 9.94. The van der Waals surface area contributed by atoms with Gasteiger partial charge < -0.3 is 15.4 Å². The predicted octanol–water partition coefficient (Wildman–Crippen LogP) is 5.07. The van der Waals surface area contributed by atoms with Crippen LogP contribution >= 0.6 is 11.6 Å². The summed E-state index contributed by atoms with van der Waals surface area (Å²) in [7, 11) is 0. The van der Waals surface area contributed by atoms with Gasteiger partial charge in [-0.05, 0) is 87.1 Å². The van der Waals surface area contributed by atoms with Crippen molar-refractivity contribution in [3.05, 3.63) is 51.7 Å². The van der Waals surface area contributed by atoms with E-state index in [1.807, 2.05) is 16.6 Å². The number of benzene rings is 1. The molecule has 2 aromatic heterocycles. The van der Waals surface area contributed by atoms with Crippen LogP contribution < -0.4 is 10.6 Å². The Labute approximate surface area is 183 Å². The van der Waals surface area contributed by atoms with E-state index in [1.165, 1.54) is 27.8 Å². The topological polar surface area (TPSA) is 50.6 Å². The largest absolute Gasteiger partial charge is 0.381 e. The Morgan fingerprint density at radius 1 is 1.00 bits per heavy atom. The van der Waals surface area contributed by atoms with Crippen molar-refractivity contribution in [3.8, 4) is 11.1 Å². The van der Waals surface area contributed by atoms with Gasteiger partial charge in [0, 0.05) is 42.9 Å². The van der Waals surface area contributed by atoms with Crippen molar-refractivity contribution in [2.45, 2.75) is 46.6 Å². The van der Waals surface area contributed by atoms with Crippen molar-refractivity contribution in [3.63, 3.8) is 0 Å². The highest BCUT2D eigenvalue weighted by Crippen LogP contribution is 2.36. The summed E-state index contributed by atoms with van der Waals surface area (Å²) in [4.78, 5) is 0. The molecule has 0 atom stereocenters. The summed E-state index contributed by atoms with van der Waals surface area (Å²) in [5.41, 5.74) is 8.13. The monoisotopic (exact) mass is 426 g/mol. The average Bonchev–Trinajstić information content (AvgIpc) is 3.01. The van der Waals surface area contributed by atoms with Crippen LogP contribution in [0.3, 0.4) is 0 Å². The number of hydrogen-bond donors (Lipinski definition) is 2. The Bertz CT molecular complexity index is 1030. The number of anilines is 1. The summed E-state index contributed by atoms with van der Waals surface area (Å²) < 4.78 is 7.48. The molecule has 4 rings (SSSR count). The molecule has 1 aliphatic heterocycles. The molecule has 3 heterocycles. The minimum absolute atomic E-state index is 0.562. The third kappa shape index (κ3) is 4.34. The van der Waals surface area contributed by atoms with Gasteiger partial charge in [0.15, 0.2) is 0 Å². The summed E-state index contributed by atoms with van der Waals surface area (Å²) in [6, 6.07) is 9.01. The highest BCUT2D eigenvalue weighted by molar-refractivity contribution is 6.30. The number of nitrogens with one attached hydrogen (secondary N) is 2. The highest BCUT2D eigenvalue weighted by atomic mass is 35.5. The number of fused-ring (bicyclic) bond motifs is 1. The zero-order valence-corrected chi connectivity index (χ0v) is 19.1. The van der Waals surface area contributed by atoms with Crippen LogP contribution in [-0.4, -0.2) is 42.0 Å². The Balaban J connectivity index is 1.61. The summed E-state index contributed by atoms with van der Waals surface area (Å²) >= 11 is 6.28. The fraction of sp³-hybridized carbons (Fsp3) is 0.458. The predicted molar refractivity (Wildman–Crippen MR) is 125 cm³/mol. The van der Waals surface area contributed by atoms with Crippen molar-refractivity contribution in [1.29, 1.82) is 0 Å². The molecular formula is C24H31ClN4O. The zero-order chi connectivity index (χ0) is 21.3. The van der Waals surface area contributed by atoms with E-state index in [4.69, 9.17) is 21.4 Å². The van der Waals surface area contributed by atoms with Crippen LogP contribution in [0, 0.1) is 27.7 Å². The van der Waals surface area contributed by atoms with Gasteiger partial charge in [0.25, 0.3) is 0 Å². The second-order valence-corrected chi connectivity index (χ2v) is 8.79. The number of pyridine rings is 1. The number of hydrogen-bond acceptors (Lipinski definition) is 4. The first-order valence-electron chi connectivity index (χ1n) is 10.8. The van der Waals surface area contributed by atoms with Gasteiger partial charge in [-0.25, -0.2) is 4.52 Å². The van der Waals surface area contributed by atoms with E-state index >= 15 is 0 Å². The Morgan fingerprint density at radius 2 is 1.70 bits per heavy atom. The van der Waals surface area contributed by atoms with E-state index in [0.29, 0.717) is 6.04 Å². The van der Waals surface area contributed by atoms with E-state index in [1.54, 1.807) is 0 Å². The maximum absolute atomic E-state index is 6.28. The van der Waals surface area contributed by atoms with Crippen molar-refractivity contribution in [2.75, 3.05) is 31.6 Å². The first-order valence-corrected chi connectivity index (χ1v) is 11.1. The number of halogens is 1. The van der Waals surface area contributed by atoms with Crippen LogP contribution in [0.4, 0.5) is 5.82 Å². The normalized spacial score (nSPS) is 15.1. The number of aromatic nitrogens is 2. The van der Waals surface area contributed by atoms with Crippen LogP contribution in [0.2, 0.25) is 5.02 Å². The Hall–Kier alpha value is -2.08. The molecule has 6 heteroatoms. The zero-order valence-electron chi connectivity index (χ0n) is 18.3. The fourth-order valence-electron chi connectivity index (χ4n) is 4.50. The third-order valence-corrected chi connectivity index (χ3v) is 6.10. The van der Waals surface area contributed by atoms with Gasteiger partial charge in [-0.15, -0.1) is 0 Å². The lowest BCUT2D eigenvalue weighted by Crippen LogP contribution is -2.37. The molecule has 1 fully saturated rings. The molecule has 3 aromatic rings. The van der Waals surface area contributed by atoms with E-state index in [-0.39, 0.29) is 0 Å². The average molecular weight is 427 g/mol. The first kappa shape index (κ1) is 21.2. The molecule has 1 aliphatic rings. The third-order valence-electron chi connectivity index (χ3n) is 5.89. The summed E-state index contributed by atoms with van der Waals surface area (Å²) in [6.07, 6.45) is 2.19. The molecule has 160 valence electrons. The summed E-state index contributed by atoms with van der Waals surface area (Å²) in [5.74, 6) is 1.03. The van der Waals surface area contributed by atoms with Gasteiger partial charge in [0.1, 0.15) is 5.82 Å². The molecule has 0 aliphatic carbocycles. The van der Waals surface area contributed by atoms with Crippen LogP contribution in [0.25, 0.3) is 16.6 Å². The summed E-state index contributed by atoms with van der Waals surface area (Å²) in [5, 5.41) is 12.9. The van der Waals surface area contributed by atoms with E-state index in [0.717, 1.165) is 61.2 Å². The molecule has 0 bridgehead atoms. The van der Waals surface area contributed by atoms with Crippen LogP contribution in [-0.2, 0) is 4.74 Å². The highest BCUT2D eigenvalue weighted by Gasteiger charge is 2.18. The van der Waals surface area contributed by atoms with Gasteiger partial charge in [-0.1, -0.05) is 11.6 Å². The summed E-state index contributed by atoms with van der Waals surface area (Å²) in [6.45, 7) is 12.0. The molecule has 0 spiro atoms. The van der Waals surface area contributed by atoms with E-state index in [9.17, 15) is 0 Å². The molecule has 0 saturated carbocycles. The van der Waals surface area contributed by atoms with Crippen molar-refractivity contribution < 1.29 is 4.74 Å². The van der Waals surface area contributed by atoms with Crippen LogP contribution in [0.5, 0.6) is 0 Å². The first-order chi connectivity index (χ1) is 14.4. The molecule has 1 saturated heterocycles. The Kier molecular flexibility index (Phi) is 6.32. The second kappa shape index (κ2) is 8.96. The lowest BCUT2D eigenvalue weighted by molar-refractivity contribution is 0.0784. The Morgan fingerprint density at radius 3 is 2.40 bits per heavy atom. The maximum atomic E-state index is 6.28. The molecule has 5 nitrogen and oxygen atoms in total. The van der Waals surface area contributed by atoms with Gasteiger partial charge in [0.2, 0.25) is 0 Å². The molecule has 0 radical (unpaired) electrons. The maximum Gasteiger partial charge on any atom is 0.128 e. The van der Waals surface area contributed by atoms with Crippen molar-refractivity contribution in [2.24, 2.45) is 0 Å². The second-order valence-electron chi connectivity index (χ2n) is 8.36. The van der Waals surface area contributed by atoms with Crippen LogP contribution in [0.15, 0.2) is 24.3 Å². The van der Waals surface area contributed by atoms with Gasteiger partial charge in [-0.3, -0.25) is 0 Å². The number of ether oxygens (including phenoxy) is 1. The van der Waals surface area contributed by atoms with Gasteiger partial charge in [-0.2, -0.15) is 5.10 Å². The van der Waals surface area contributed by atoms with E-state index < -0.39 is 0 Å². The number of aryl methyl sites for hydroxylation is 4. The molecular weight excluding hydrogens is 396 g/mol. The van der Waals surface area contributed by atoms with Gasteiger partial charge in [0.05, 0.1) is 11.2 Å². The molecule has 1 aromatic carbocycles. The van der Waals surface area contributed by atoms with Crippen molar-refractivity contribution in [1.82, 2.24) is 14.9 Å². The lowest BCUT2D eigenvalue weighted by Gasteiger charge is -2.23. The quantitative estimate of drug-likeness (QED) is 0.540. The number of nitrogens with zero attached hydrogens (tertiary/aromatic N) is 2. The fourth-order valence-corrected chi connectivity index (χ4v) is 4.83. The van der Waals surface area contributed by atoms with E-state index in [2.05, 4.69) is 50.5 Å². The van der Waals surface area contributed by atoms with Gasteiger partial charge >= 0.3 is 0 Å². The number of rotatable bonds is 6. The molecule has 30 heavy (non-hydrogen) atoms.